The maximum Gasteiger partial charge on any atom is 0.173 e. The molecule has 0 radical (unpaired) electrons. The summed E-state index contributed by atoms with van der Waals surface area (Å²) in [7, 11) is 0. The molecule has 3 aromatic carbocycles. The minimum Gasteiger partial charge on any atom is -0.294 e. The quantitative estimate of drug-likeness (QED) is 0.425. The van der Waals surface area contributed by atoms with Crippen LogP contribution in [0.3, 0.4) is 0 Å². The lowest BCUT2D eigenvalue weighted by atomic mass is 9.97. The molecule has 0 saturated carbocycles. The van der Waals surface area contributed by atoms with Crippen LogP contribution in [-0.4, -0.2) is 23.8 Å². The molecule has 1 heterocycles. The van der Waals surface area contributed by atoms with Gasteiger partial charge < -0.3 is 0 Å². The van der Waals surface area contributed by atoms with E-state index < -0.39 is 23.0 Å². The maximum absolute atomic E-state index is 13.9. The van der Waals surface area contributed by atoms with E-state index in [0.29, 0.717) is 5.56 Å². The van der Waals surface area contributed by atoms with E-state index in [9.17, 15) is 13.6 Å². The summed E-state index contributed by atoms with van der Waals surface area (Å²) >= 11 is 6.54. The molecule has 0 aromatic heterocycles. The van der Waals surface area contributed by atoms with Gasteiger partial charge in [-0.3, -0.25) is 9.69 Å². The zero-order valence-corrected chi connectivity index (χ0v) is 17.7. The van der Waals surface area contributed by atoms with Crippen LogP contribution in [-0.2, 0) is 13.0 Å². The number of rotatable bonds is 6. The van der Waals surface area contributed by atoms with Gasteiger partial charge in [0.05, 0.1) is 5.56 Å². The molecular formula is C26H22ClF2NO. The van der Waals surface area contributed by atoms with Crippen molar-refractivity contribution in [1.29, 1.82) is 0 Å². The number of carbonyl (C=O) groups excluding carboxylic acids is 1. The molecule has 4 rings (SSSR count). The molecule has 0 unspecified atom stereocenters. The van der Waals surface area contributed by atoms with E-state index in [2.05, 4.69) is 17.0 Å². The Kier molecular flexibility index (Phi) is 6.59. The average Bonchev–Trinajstić information content (AvgIpc) is 2.76. The van der Waals surface area contributed by atoms with Gasteiger partial charge in [0.1, 0.15) is 11.6 Å². The Morgan fingerprint density at radius 3 is 2.23 bits per heavy atom. The lowest BCUT2D eigenvalue weighted by Crippen LogP contribution is -2.30. The summed E-state index contributed by atoms with van der Waals surface area (Å²) in [5.74, 6) is -2.24. The topological polar surface area (TPSA) is 20.3 Å². The van der Waals surface area contributed by atoms with Crippen molar-refractivity contribution < 1.29 is 13.6 Å². The molecule has 2 nitrogen and oxygen atoms in total. The first-order valence-corrected chi connectivity index (χ1v) is 10.6. The molecule has 0 spiro atoms. The molecule has 0 bridgehead atoms. The summed E-state index contributed by atoms with van der Waals surface area (Å²) < 4.78 is 27.7. The maximum atomic E-state index is 13.9. The summed E-state index contributed by atoms with van der Waals surface area (Å²) in [6.07, 6.45) is 0.724. The van der Waals surface area contributed by atoms with Gasteiger partial charge in [0, 0.05) is 31.1 Å². The van der Waals surface area contributed by atoms with Gasteiger partial charge in [-0.15, -0.1) is 0 Å². The third-order valence-electron chi connectivity index (χ3n) is 5.51. The fourth-order valence-electron chi connectivity index (χ4n) is 3.88. The third-order valence-corrected chi connectivity index (χ3v) is 5.93. The minimum absolute atomic E-state index is 0.0644. The predicted molar refractivity (Wildman–Crippen MR) is 120 cm³/mol. The van der Waals surface area contributed by atoms with Crippen molar-refractivity contribution in [1.82, 2.24) is 4.90 Å². The zero-order chi connectivity index (χ0) is 21.8. The second-order valence-corrected chi connectivity index (χ2v) is 8.18. The highest BCUT2D eigenvalue weighted by Crippen LogP contribution is 2.30. The average molecular weight is 438 g/mol. The predicted octanol–water partition coefficient (Wildman–Crippen LogP) is 6.25. The number of benzene rings is 3. The Labute approximate surface area is 185 Å². The summed E-state index contributed by atoms with van der Waals surface area (Å²) in [6.45, 7) is 2.50. The molecule has 0 amide bonds. The van der Waals surface area contributed by atoms with Gasteiger partial charge in [0.15, 0.2) is 5.78 Å². The standard InChI is InChI=1S/C26H22ClF2NO/c27-22-13-14-30(16-19-5-2-1-3-6-19)17-21(22)20-11-9-18(10-12-20)15-25(31)26-23(28)7-4-8-24(26)29/h1-12H,13-17H2. The normalized spacial score (nSPS) is 14.7. The van der Waals surface area contributed by atoms with Crippen LogP contribution in [0.25, 0.3) is 5.57 Å². The Balaban J connectivity index is 1.46. The van der Waals surface area contributed by atoms with Gasteiger partial charge >= 0.3 is 0 Å². The summed E-state index contributed by atoms with van der Waals surface area (Å²) in [4.78, 5) is 14.7. The first-order chi connectivity index (χ1) is 15.0. The summed E-state index contributed by atoms with van der Waals surface area (Å²) in [5.41, 5.74) is 3.54. The van der Waals surface area contributed by atoms with Crippen molar-refractivity contribution >= 4 is 23.0 Å². The van der Waals surface area contributed by atoms with E-state index in [4.69, 9.17) is 11.6 Å². The van der Waals surface area contributed by atoms with Crippen LogP contribution in [0.15, 0.2) is 77.8 Å². The number of ketones is 1. The molecule has 0 atom stereocenters. The van der Waals surface area contributed by atoms with Gasteiger partial charge in [-0.05, 0) is 40.8 Å². The van der Waals surface area contributed by atoms with Crippen molar-refractivity contribution in [3.05, 3.63) is 112 Å². The molecule has 3 aromatic rings. The molecule has 1 aliphatic rings. The highest BCUT2D eigenvalue weighted by Gasteiger charge is 2.20. The van der Waals surface area contributed by atoms with Crippen molar-refractivity contribution in [2.45, 2.75) is 19.4 Å². The number of Topliss-reactive ketones (excluding diaryl/α,β-unsaturated/α-hetero) is 1. The first kappa shape index (κ1) is 21.4. The van der Waals surface area contributed by atoms with Gasteiger partial charge in [-0.2, -0.15) is 0 Å². The molecule has 1 aliphatic heterocycles. The highest BCUT2D eigenvalue weighted by molar-refractivity contribution is 6.32. The van der Waals surface area contributed by atoms with E-state index in [-0.39, 0.29) is 6.42 Å². The summed E-state index contributed by atoms with van der Waals surface area (Å²) in [6, 6.07) is 21.2. The molecule has 31 heavy (non-hydrogen) atoms. The fourth-order valence-corrected chi connectivity index (χ4v) is 4.14. The van der Waals surface area contributed by atoms with Crippen molar-refractivity contribution in [3.8, 4) is 0 Å². The van der Waals surface area contributed by atoms with E-state index >= 15 is 0 Å². The third kappa shape index (κ3) is 5.09. The fraction of sp³-hybridized carbons (Fsp3) is 0.192. The lowest BCUT2D eigenvalue weighted by molar-refractivity contribution is 0.0985. The van der Waals surface area contributed by atoms with Crippen LogP contribution in [0.2, 0.25) is 0 Å². The van der Waals surface area contributed by atoms with Crippen LogP contribution in [0.5, 0.6) is 0 Å². The van der Waals surface area contributed by atoms with E-state index in [1.807, 2.05) is 42.5 Å². The molecular weight excluding hydrogens is 416 g/mol. The van der Waals surface area contributed by atoms with E-state index in [1.165, 1.54) is 11.6 Å². The SMILES string of the molecule is O=C(Cc1ccc(C2=C(Cl)CCN(Cc3ccccc3)C2)cc1)c1c(F)cccc1F. The van der Waals surface area contributed by atoms with Crippen LogP contribution in [0.4, 0.5) is 8.78 Å². The lowest BCUT2D eigenvalue weighted by Gasteiger charge is -2.29. The molecule has 158 valence electrons. The Morgan fingerprint density at radius 2 is 1.55 bits per heavy atom. The molecule has 0 saturated heterocycles. The number of hydrogen-bond acceptors (Lipinski definition) is 2. The van der Waals surface area contributed by atoms with Crippen LogP contribution >= 0.6 is 11.6 Å². The van der Waals surface area contributed by atoms with Crippen molar-refractivity contribution in [2.75, 3.05) is 13.1 Å². The minimum atomic E-state index is -0.834. The number of hydrogen-bond donors (Lipinski definition) is 0. The van der Waals surface area contributed by atoms with Crippen molar-refractivity contribution in [3.63, 3.8) is 0 Å². The summed E-state index contributed by atoms with van der Waals surface area (Å²) in [5, 5.41) is 0.849. The van der Waals surface area contributed by atoms with Gasteiger partial charge in [0.2, 0.25) is 0 Å². The Hall–Kier alpha value is -2.82. The van der Waals surface area contributed by atoms with Crippen LogP contribution < -0.4 is 0 Å². The second-order valence-electron chi connectivity index (χ2n) is 7.72. The molecule has 0 N–H and O–H groups in total. The monoisotopic (exact) mass is 437 g/mol. The van der Waals surface area contributed by atoms with E-state index in [0.717, 1.165) is 54.4 Å². The number of halogens is 3. The Bertz CT molecular complexity index is 1090. The first-order valence-electron chi connectivity index (χ1n) is 10.2. The Morgan fingerprint density at radius 1 is 0.871 bits per heavy atom. The second kappa shape index (κ2) is 9.54. The van der Waals surface area contributed by atoms with Gasteiger partial charge in [-0.25, -0.2) is 8.78 Å². The molecule has 5 heteroatoms. The number of nitrogens with zero attached hydrogens (tertiary/aromatic N) is 1. The largest absolute Gasteiger partial charge is 0.294 e. The zero-order valence-electron chi connectivity index (χ0n) is 17.0. The number of carbonyl (C=O) groups is 1. The molecule has 0 aliphatic carbocycles. The molecule has 0 fully saturated rings. The van der Waals surface area contributed by atoms with Crippen molar-refractivity contribution in [2.24, 2.45) is 0 Å². The van der Waals surface area contributed by atoms with Crippen LogP contribution in [0.1, 0.15) is 33.5 Å². The smallest absolute Gasteiger partial charge is 0.173 e. The van der Waals surface area contributed by atoms with Gasteiger partial charge in [-0.1, -0.05) is 72.3 Å². The van der Waals surface area contributed by atoms with Gasteiger partial charge in [0.25, 0.3) is 0 Å². The van der Waals surface area contributed by atoms with E-state index in [1.54, 1.807) is 0 Å². The highest BCUT2D eigenvalue weighted by atomic mass is 35.5. The van der Waals surface area contributed by atoms with Crippen LogP contribution in [0, 0.1) is 11.6 Å².